The highest BCUT2D eigenvalue weighted by atomic mass is 14.7. The molecule has 0 saturated carbocycles. The molecule has 0 amide bonds. The standard InChI is InChI=1S/C37H29N/c1-23-32-21-26(16-18-29(32)28-12-5-6-14-31(28)36(23)38-4)24-10-9-11-25(20-24)27-17-19-35-33(22-27)30-13-7-8-15-34(30)37(35,2)3/h5-22H,1H2,2-4H3. The van der Waals surface area contributed by atoms with Crippen molar-refractivity contribution in [3.63, 3.8) is 0 Å². The van der Waals surface area contributed by atoms with E-state index >= 15 is 0 Å². The van der Waals surface area contributed by atoms with Gasteiger partial charge in [-0.15, -0.1) is 0 Å². The van der Waals surface area contributed by atoms with Gasteiger partial charge in [0.05, 0.1) is 5.71 Å². The monoisotopic (exact) mass is 487 g/mol. The highest BCUT2D eigenvalue weighted by Gasteiger charge is 2.35. The molecule has 1 heteroatoms. The number of allylic oxidation sites excluding steroid dienone is 1. The smallest absolute Gasteiger partial charge is 0.0722 e. The van der Waals surface area contributed by atoms with Gasteiger partial charge in [0.25, 0.3) is 0 Å². The van der Waals surface area contributed by atoms with Crippen molar-refractivity contribution in [1.29, 1.82) is 0 Å². The van der Waals surface area contributed by atoms with Gasteiger partial charge in [-0.05, 0) is 79.4 Å². The molecule has 0 saturated heterocycles. The summed E-state index contributed by atoms with van der Waals surface area (Å²) in [6, 6.07) is 39.9. The molecule has 0 radical (unpaired) electrons. The third-order valence-electron chi connectivity index (χ3n) is 8.44. The van der Waals surface area contributed by atoms with Gasteiger partial charge in [0.2, 0.25) is 0 Å². The van der Waals surface area contributed by atoms with Gasteiger partial charge in [0, 0.05) is 23.6 Å². The van der Waals surface area contributed by atoms with Crippen LogP contribution in [-0.4, -0.2) is 12.8 Å². The van der Waals surface area contributed by atoms with Crippen LogP contribution < -0.4 is 0 Å². The molecule has 5 aromatic carbocycles. The molecule has 7 rings (SSSR count). The van der Waals surface area contributed by atoms with Crippen molar-refractivity contribution in [3.8, 4) is 44.5 Å². The predicted molar refractivity (Wildman–Crippen MR) is 162 cm³/mol. The van der Waals surface area contributed by atoms with Crippen molar-refractivity contribution in [1.82, 2.24) is 0 Å². The minimum absolute atomic E-state index is 0.0249. The summed E-state index contributed by atoms with van der Waals surface area (Å²) >= 11 is 0. The lowest BCUT2D eigenvalue weighted by Crippen LogP contribution is -2.14. The van der Waals surface area contributed by atoms with Crippen molar-refractivity contribution < 1.29 is 0 Å². The molecule has 182 valence electrons. The van der Waals surface area contributed by atoms with Crippen molar-refractivity contribution in [2.24, 2.45) is 4.99 Å². The Bertz CT molecular complexity index is 1820. The molecule has 2 aliphatic rings. The van der Waals surface area contributed by atoms with Crippen molar-refractivity contribution in [3.05, 3.63) is 138 Å². The van der Waals surface area contributed by atoms with E-state index in [1.165, 1.54) is 55.6 Å². The Hall–Kier alpha value is -4.49. The van der Waals surface area contributed by atoms with Gasteiger partial charge in [-0.3, -0.25) is 4.99 Å². The maximum absolute atomic E-state index is 4.60. The van der Waals surface area contributed by atoms with Crippen LogP contribution in [0.4, 0.5) is 0 Å². The third-order valence-corrected chi connectivity index (χ3v) is 8.44. The van der Waals surface area contributed by atoms with Crippen LogP contribution in [0.1, 0.15) is 36.1 Å². The molecular weight excluding hydrogens is 458 g/mol. The van der Waals surface area contributed by atoms with E-state index in [9.17, 15) is 0 Å². The summed E-state index contributed by atoms with van der Waals surface area (Å²) in [7, 11) is 1.85. The highest BCUT2D eigenvalue weighted by molar-refractivity contribution is 6.36. The van der Waals surface area contributed by atoms with Gasteiger partial charge in [-0.2, -0.15) is 0 Å². The van der Waals surface area contributed by atoms with Gasteiger partial charge < -0.3 is 0 Å². The molecule has 0 aromatic heterocycles. The number of hydrogen-bond acceptors (Lipinski definition) is 1. The lowest BCUT2D eigenvalue weighted by molar-refractivity contribution is 0.660. The number of aliphatic imine (C=N–C) groups is 1. The molecule has 0 bridgehead atoms. The average Bonchev–Trinajstić information content (AvgIpc) is 3.19. The van der Waals surface area contributed by atoms with Crippen LogP contribution >= 0.6 is 0 Å². The maximum atomic E-state index is 4.60. The molecule has 0 unspecified atom stereocenters. The van der Waals surface area contributed by atoms with E-state index in [-0.39, 0.29) is 5.41 Å². The lowest BCUT2D eigenvalue weighted by Gasteiger charge is -2.24. The summed E-state index contributed by atoms with van der Waals surface area (Å²) in [6.45, 7) is 9.10. The van der Waals surface area contributed by atoms with E-state index in [2.05, 4.69) is 135 Å². The molecule has 5 aromatic rings. The van der Waals surface area contributed by atoms with Crippen LogP contribution in [0.2, 0.25) is 0 Å². The third kappa shape index (κ3) is 3.22. The fourth-order valence-electron chi connectivity index (χ4n) is 6.46. The van der Waals surface area contributed by atoms with Gasteiger partial charge in [0.1, 0.15) is 0 Å². The van der Waals surface area contributed by atoms with E-state index < -0.39 is 0 Å². The second kappa shape index (κ2) is 8.26. The Morgan fingerprint density at radius 1 is 0.500 bits per heavy atom. The molecular formula is C37H29N. The number of nitrogens with zero attached hydrogens (tertiary/aromatic N) is 1. The number of fused-ring (bicyclic) bond motifs is 6. The minimum atomic E-state index is 0.0249. The van der Waals surface area contributed by atoms with E-state index in [0.717, 1.165) is 22.4 Å². The highest BCUT2D eigenvalue weighted by Crippen LogP contribution is 2.49. The Morgan fingerprint density at radius 2 is 1.05 bits per heavy atom. The number of rotatable bonds is 2. The zero-order chi connectivity index (χ0) is 26.0. The first kappa shape index (κ1) is 22.7. The predicted octanol–water partition coefficient (Wildman–Crippen LogP) is 9.44. The molecule has 0 fully saturated rings. The summed E-state index contributed by atoms with van der Waals surface area (Å²) < 4.78 is 0. The largest absolute Gasteiger partial charge is 0.287 e. The lowest BCUT2D eigenvalue weighted by atomic mass is 9.80. The normalized spacial score (nSPS) is 15.6. The Morgan fingerprint density at radius 3 is 1.79 bits per heavy atom. The molecule has 0 aliphatic heterocycles. The zero-order valence-electron chi connectivity index (χ0n) is 22.0. The second-order valence-electron chi connectivity index (χ2n) is 10.9. The van der Waals surface area contributed by atoms with Crippen LogP contribution in [-0.2, 0) is 5.41 Å². The van der Waals surface area contributed by atoms with Gasteiger partial charge in [-0.1, -0.05) is 111 Å². The Labute approximate surface area is 224 Å². The van der Waals surface area contributed by atoms with Crippen molar-refractivity contribution in [2.45, 2.75) is 19.3 Å². The average molecular weight is 488 g/mol. The topological polar surface area (TPSA) is 12.4 Å². The maximum Gasteiger partial charge on any atom is 0.0722 e. The summed E-state index contributed by atoms with van der Waals surface area (Å²) in [6.07, 6.45) is 0. The van der Waals surface area contributed by atoms with Crippen LogP contribution in [0.15, 0.2) is 121 Å². The molecule has 2 aliphatic carbocycles. The first-order valence-corrected chi connectivity index (χ1v) is 13.2. The van der Waals surface area contributed by atoms with Crippen LogP contribution in [0.5, 0.6) is 0 Å². The first-order valence-electron chi connectivity index (χ1n) is 13.2. The summed E-state index contributed by atoms with van der Waals surface area (Å²) in [4.78, 5) is 4.60. The summed E-state index contributed by atoms with van der Waals surface area (Å²) in [5.41, 5.74) is 17.1. The summed E-state index contributed by atoms with van der Waals surface area (Å²) in [5, 5.41) is 0. The van der Waals surface area contributed by atoms with Crippen LogP contribution in [0.25, 0.3) is 50.1 Å². The van der Waals surface area contributed by atoms with E-state index in [1.54, 1.807) is 0 Å². The fourth-order valence-corrected chi connectivity index (χ4v) is 6.46. The molecule has 0 atom stereocenters. The Kier molecular flexibility index (Phi) is 4.93. The van der Waals surface area contributed by atoms with E-state index in [1.807, 2.05) is 7.05 Å². The van der Waals surface area contributed by atoms with Gasteiger partial charge in [-0.25, -0.2) is 0 Å². The summed E-state index contributed by atoms with van der Waals surface area (Å²) in [5.74, 6) is 0. The number of hydrogen-bond donors (Lipinski definition) is 0. The van der Waals surface area contributed by atoms with E-state index in [0.29, 0.717) is 0 Å². The van der Waals surface area contributed by atoms with Gasteiger partial charge >= 0.3 is 0 Å². The molecule has 0 N–H and O–H groups in total. The van der Waals surface area contributed by atoms with Crippen molar-refractivity contribution in [2.75, 3.05) is 7.05 Å². The van der Waals surface area contributed by atoms with Crippen molar-refractivity contribution >= 4 is 11.3 Å². The molecule has 38 heavy (non-hydrogen) atoms. The SMILES string of the molecule is C=C1C(=NC)c2ccccc2-c2ccc(-c3cccc(-c4ccc5c(c4)-c4ccccc4C5(C)C)c3)cc21. The second-order valence-corrected chi connectivity index (χ2v) is 10.9. The van der Waals surface area contributed by atoms with Crippen LogP contribution in [0, 0.1) is 0 Å². The van der Waals surface area contributed by atoms with Crippen LogP contribution in [0.3, 0.4) is 0 Å². The molecule has 0 spiro atoms. The molecule has 1 nitrogen and oxygen atoms in total. The fraction of sp³-hybridized carbons (Fsp3) is 0.108. The zero-order valence-corrected chi connectivity index (χ0v) is 22.0. The first-order chi connectivity index (χ1) is 18.5. The Balaban J connectivity index is 1.32. The van der Waals surface area contributed by atoms with E-state index in [4.69, 9.17) is 0 Å². The quantitative estimate of drug-likeness (QED) is 0.235. The molecule has 0 heterocycles. The van der Waals surface area contributed by atoms with Gasteiger partial charge in [0.15, 0.2) is 0 Å². The number of benzene rings is 5. The minimum Gasteiger partial charge on any atom is -0.287 e.